The molecule has 0 radical (unpaired) electrons. The number of carbonyl (C=O) groups is 2. The van der Waals surface area contributed by atoms with Crippen LogP contribution < -0.4 is 20.4 Å². The molecular weight excluding hydrogens is 454 g/mol. The Morgan fingerprint density at radius 3 is 2.53 bits per heavy atom. The predicted molar refractivity (Wildman–Crippen MR) is 142 cm³/mol. The second-order valence-corrected chi connectivity index (χ2v) is 10.4. The average molecular weight is 492 g/mol. The summed E-state index contributed by atoms with van der Waals surface area (Å²) in [6, 6.07) is 6.31. The SMILES string of the molecule is Cc1cc(C(=O)NC2CCN(C)CC2)ccc1Nc1ncc2c(n1)N(C1CCCC1)CCC(=O)N2C. The molecule has 1 saturated carbocycles. The van der Waals surface area contributed by atoms with Crippen molar-refractivity contribution in [1.82, 2.24) is 20.2 Å². The highest BCUT2D eigenvalue weighted by atomic mass is 16.2. The molecule has 192 valence electrons. The Morgan fingerprint density at radius 2 is 1.81 bits per heavy atom. The summed E-state index contributed by atoms with van der Waals surface area (Å²) in [5, 5.41) is 6.53. The molecule has 2 fully saturated rings. The van der Waals surface area contributed by atoms with Crippen molar-refractivity contribution >= 4 is 35.0 Å². The van der Waals surface area contributed by atoms with E-state index >= 15 is 0 Å². The number of aromatic nitrogens is 2. The lowest BCUT2D eigenvalue weighted by Crippen LogP contribution is -2.43. The van der Waals surface area contributed by atoms with Gasteiger partial charge in [-0.1, -0.05) is 12.8 Å². The molecule has 9 nitrogen and oxygen atoms in total. The van der Waals surface area contributed by atoms with Gasteiger partial charge in [0.1, 0.15) is 5.69 Å². The molecule has 2 N–H and O–H groups in total. The first-order valence-electron chi connectivity index (χ1n) is 13.2. The molecule has 2 amide bonds. The molecule has 36 heavy (non-hydrogen) atoms. The molecule has 0 spiro atoms. The number of nitrogens with one attached hydrogen (secondary N) is 2. The molecule has 1 aliphatic carbocycles. The topological polar surface area (TPSA) is 93.7 Å². The monoisotopic (exact) mass is 491 g/mol. The van der Waals surface area contributed by atoms with Gasteiger partial charge in [0.15, 0.2) is 5.82 Å². The lowest BCUT2D eigenvalue weighted by molar-refractivity contribution is -0.118. The second-order valence-electron chi connectivity index (χ2n) is 10.4. The second kappa shape index (κ2) is 10.4. The van der Waals surface area contributed by atoms with E-state index in [-0.39, 0.29) is 17.9 Å². The van der Waals surface area contributed by atoms with Gasteiger partial charge in [0, 0.05) is 43.3 Å². The number of rotatable bonds is 5. The Hall–Kier alpha value is -3.20. The van der Waals surface area contributed by atoms with Gasteiger partial charge in [-0.2, -0.15) is 4.98 Å². The number of benzene rings is 1. The fourth-order valence-corrected chi connectivity index (χ4v) is 5.56. The minimum atomic E-state index is -0.0274. The number of carbonyl (C=O) groups excluding carboxylic acids is 2. The maximum Gasteiger partial charge on any atom is 0.251 e. The third-order valence-electron chi connectivity index (χ3n) is 7.88. The van der Waals surface area contributed by atoms with E-state index in [1.165, 1.54) is 12.8 Å². The first-order valence-corrected chi connectivity index (χ1v) is 13.2. The summed E-state index contributed by atoms with van der Waals surface area (Å²) in [4.78, 5) is 41.1. The van der Waals surface area contributed by atoms with Crippen LogP contribution >= 0.6 is 0 Å². The molecule has 1 aromatic heterocycles. The summed E-state index contributed by atoms with van der Waals surface area (Å²) in [7, 11) is 3.92. The number of aryl methyl sites for hydroxylation is 1. The minimum absolute atomic E-state index is 0.0274. The van der Waals surface area contributed by atoms with Crippen LogP contribution in [0.4, 0.5) is 23.1 Å². The van der Waals surface area contributed by atoms with Gasteiger partial charge in [-0.15, -0.1) is 0 Å². The van der Waals surface area contributed by atoms with Crippen LogP contribution in [0.2, 0.25) is 0 Å². The molecule has 9 heteroatoms. The number of hydrogen-bond acceptors (Lipinski definition) is 7. The standard InChI is InChI=1S/C27H37N7O2/c1-18-16-19(26(36)29-20-10-13-32(2)14-11-20)8-9-22(18)30-27-28-17-23-25(31-27)34(21-6-4-5-7-21)15-12-24(35)33(23)3/h8-9,16-17,20-21H,4-7,10-15H2,1-3H3,(H,29,36)(H,28,30,31). The fraction of sp³-hybridized carbons (Fsp3) is 0.556. The largest absolute Gasteiger partial charge is 0.351 e. The van der Waals surface area contributed by atoms with Gasteiger partial charge in [0.2, 0.25) is 11.9 Å². The first kappa shape index (κ1) is 24.5. The van der Waals surface area contributed by atoms with E-state index in [9.17, 15) is 9.59 Å². The summed E-state index contributed by atoms with van der Waals surface area (Å²) in [6.07, 6.45) is 8.88. The summed E-state index contributed by atoms with van der Waals surface area (Å²) < 4.78 is 0. The van der Waals surface area contributed by atoms with Crippen LogP contribution in [-0.4, -0.2) is 72.5 Å². The van der Waals surface area contributed by atoms with Crippen molar-refractivity contribution in [2.24, 2.45) is 0 Å². The van der Waals surface area contributed by atoms with Gasteiger partial charge in [-0.05, 0) is 76.5 Å². The van der Waals surface area contributed by atoms with Crippen LogP contribution in [0.15, 0.2) is 24.4 Å². The number of likely N-dealkylation sites (tertiary alicyclic amines) is 1. The molecule has 2 aliphatic heterocycles. The highest BCUT2D eigenvalue weighted by Crippen LogP contribution is 2.36. The van der Waals surface area contributed by atoms with Crippen molar-refractivity contribution in [3.05, 3.63) is 35.5 Å². The Kier molecular flexibility index (Phi) is 7.09. The van der Waals surface area contributed by atoms with Gasteiger partial charge in [0.25, 0.3) is 5.91 Å². The van der Waals surface area contributed by atoms with Crippen molar-refractivity contribution in [1.29, 1.82) is 0 Å². The van der Waals surface area contributed by atoms with E-state index < -0.39 is 0 Å². The van der Waals surface area contributed by atoms with Crippen LogP contribution in [0.5, 0.6) is 0 Å². The van der Waals surface area contributed by atoms with Crippen molar-refractivity contribution < 1.29 is 9.59 Å². The van der Waals surface area contributed by atoms with Crippen molar-refractivity contribution in [2.45, 2.75) is 64.0 Å². The third kappa shape index (κ3) is 5.16. The number of hydrogen-bond donors (Lipinski definition) is 2. The predicted octanol–water partition coefficient (Wildman–Crippen LogP) is 3.47. The number of piperidine rings is 1. The molecule has 0 unspecified atom stereocenters. The zero-order valence-corrected chi connectivity index (χ0v) is 21.6. The minimum Gasteiger partial charge on any atom is -0.351 e. The smallest absolute Gasteiger partial charge is 0.251 e. The van der Waals surface area contributed by atoms with E-state index in [0.717, 1.165) is 61.5 Å². The normalized spacial score (nSPS) is 19.8. The van der Waals surface area contributed by atoms with Crippen LogP contribution in [0.3, 0.4) is 0 Å². The summed E-state index contributed by atoms with van der Waals surface area (Å²) >= 11 is 0. The highest BCUT2D eigenvalue weighted by molar-refractivity contribution is 5.97. The third-order valence-corrected chi connectivity index (χ3v) is 7.88. The molecular formula is C27H37N7O2. The number of nitrogens with zero attached hydrogens (tertiary/aromatic N) is 5. The van der Waals surface area contributed by atoms with Crippen molar-refractivity contribution in [3.8, 4) is 0 Å². The molecule has 0 bridgehead atoms. The molecule has 0 atom stereocenters. The maximum atomic E-state index is 12.8. The molecule has 3 aliphatic rings. The van der Waals surface area contributed by atoms with Gasteiger partial charge in [-0.3, -0.25) is 9.59 Å². The van der Waals surface area contributed by atoms with E-state index in [1.807, 2.05) is 25.1 Å². The van der Waals surface area contributed by atoms with Crippen LogP contribution in [0.25, 0.3) is 0 Å². The Morgan fingerprint density at radius 1 is 1.06 bits per heavy atom. The highest BCUT2D eigenvalue weighted by Gasteiger charge is 2.31. The lowest BCUT2D eigenvalue weighted by Gasteiger charge is -2.30. The summed E-state index contributed by atoms with van der Waals surface area (Å²) in [6.45, 7) is 4.68. The van der Waals surface area contributed by atoms with Gasteiger partial charge in [0.05, 0.1) is 6.20 Å². The van der Waals surface area contributed by atoms with Gasteiger partial charge < -0.3 is 25.3 Å². The Bertz CT molecular complexity index is 1120. The molecule has 1 aromatic carbocycles. The fourth-order valence-electron chi connectivity index (χ4n) is 5.56. The van der Waals surface area contributed by atoms with E-state index in [0.29, 0.717) is 30.5 Å². The van der Waals surface area contributed by atoms with Crippen LogP contribution in [0.1, 0.15) is 60.9 Å². The molecule has 2 aromatic rings. The lowest BCUT2D eigenvalue weighted by atomic mass is 10.0. The van der Waals surface area contributed by atoms with E-state index in [4.69, 9.17) is 4.98 Å². The first-order chi connectivity index (χ1) is 17.4. The average Bonchev–Trinajstić information content (AvgIpc) is 3.37. The number of anilines is 4. The maximum absolute atomic E-state index is 12.8. The van der Waals surface area contributed by atoms with Crippen LogP contribution in [-0.2, 0) is 4.79 Å². The number of fused-ring (bicyclic) bond motifs is 1. The van der Waals surface area contributed by atoms with E-state index in [1.54, 1.807) is 18.1 Å². The van der Waals surface area contributed by atoms with Crippen molar-refractivity contribution in [3.63, 3.8) is 0 Å². The Labute approximate surface area is 213 Å². The van der Waals surface area contributed by atoms with Crippen molar-refractivity contribution in [2.75, 3.05) is 48.8 Å². The summed E-state index contributed by atoms with van der Waals surface area (Å²) in [5.74, 6) is 1.37. The quantitative estimate of drug-likeness (QED) is 0.662. The van der Waals surface area contributed by atoms with Gasteiger partial charge >= 0.3 is 0 Å². The molecule has 5 rings (SSSR count). The van der Waals surface area contributed by atoms with Gasteiger partial charge in [-0.25, -0.2) is 4.98 Å². The zero-order valence-electron chi connectivity index (χ0n) is 21.6. The molecule has 3 heterocycles. The Balaban J connectivity index is 1.33. The zero-order chi connectivity index (χ0) is 25.2. The summed E-state index contributed by atoms with van der Waals surface area (Å²) in [5.41, 5.74) is 3.22. The molecule has 1 saturated heterocycles. The number of amides is 2. The van der Waals surface area contributed by atoms with Crippen LogP contribution in [0, 0.1) is 6.92 Å². The van der Waals surface area contributed by atoms with E-state index in [2.05, 4.69) is 32.5 Å².